The summed E-state index contributed by atoms with van der Waals surface area (Å²) in [5, 5.41) is 0. The number of hydrogen-bond donors (Lipinski definition) is 1. The van der Waals surface area contributed by atoms with E-state index in [4.69, 9.17) is 5.73 Å². The van der Waals surface area contributed by atoms with Crippen LogP contribution in [0.1, 0.15) is 25.7 Å². The third-order valence-electron chi connectivity index (χ3n) is 4.41. The number of sulfonamides is 1. The molecule has 0 spiro atoms. The quantitative estimate of drug-likeness (QED) is 0.749. The fourth-order valence-electron chi connectivity index (χ4n) is 3.10. The van der Waals surface area contributed by atoms with Crippen LogP contribution in [0.25, 0.3) is 0 Å². The molecule has 2 aliphatic rings. The Morgan fingerprint density at radius 3 is 2.19 bits per heavy atom. The summed E-state index contributed by atoms with van der Waals surface area (Å²) in [4.78, 5) is 25.5. The highest BCUT2D eigenvalue weighted by Gasteiger charge is 2.34. The molecule has 0 aromatic rings. The van der Waals surface area contributed by atoms with E-state index in [9.17, 15) is 18.0 Å². The summed E-state index contributed by atoms with van der Waals surface area (Å²) in [6, 6.07) is 0. The van der Waals surface area contributed by atoms with Crippen LogP contribution >= 0.6 is 0 Å². The highest BCUT2D eigenvalue weighted by atomic mass is 32.2. The second kappa shape index (κ2) is 6.31. The lowest BCUT2D eigenvalue weighted by molar-refractivity contribution is -0.139. The molecule has 0 aromatic heterocycles. The maximum Gasteiger partial charge on any atom is 0.225 e. The van der Waals surface area contributed by atoms with Crippen LogP contribution in [0.3, 0.4) is 0 Å². The van der Waals surface area contributed by atoms with Crippen molar-refractivity contribution in [1.82, 2.24) is 9.21 Å². The maximum atomic E-state index is 12.5. The van der Waals surface area contributed by atoms with E-state index in [0.717, 1.165) is 12.8 Å². The van der Waals surface area contributed by atoms with Gasteiger partial charge in [0.05, 0.1) is 12.2 Å². The number of rotatable bonds is 3. The Bertz CT molecular complexity index is 512. The second-order valence-corrected chi connectivity index (χ2v) is 7.94. The Morgan fingerprint density at radius 1 is 1.05 bits per heavy atom. The van der Waals surface area contributed by atoms with E-state index >= 15 is 0 Å². The van der Waals surface area contributed by atoms with Crippen molar-refractivity contribution in [3.05, 3.63) is 0 Å². The normalized spacial score (nSPS) is 25.8. The van der Waals surface area contributed by atoms with Crippen LogP contribution in [0.15, 0.2) is 0 Å². The van der Waals surface area contributed by atoms with Crippen molar-refractivity contribution in [2.75, 3.05) is 32.4 Å². The minimum absolute atomic E-state index is 0.0362. The van der Waals surface area contributed by atoms with Crippen LogP contribution in [0.4, 0.5) is 0 Å². The smallest absolute Gasteiger partial charge is 0.225 e. The van der Waals surface area contributed by atoms with E-state index in [0.29, 0.717) is 39.0 Å². The number of piperidine rings is 2. The average Bonchev–Trinajstić information content (AvgIpc) is 2.46. The molecule has 2 heterocycles. The van der Waals surface area contributed by atoms with Crippen molar-refractivity contribution in [3.63, 3.8) is 0 Å². The van der Waals surface area contributed by atoms with E-state index in [1.165, 1.54) is 10.6 Å². The Hall–Kier alpha value is -1.15. The van der Waals surface area contributed by atoms with Gasteiger partial charge in [-0.3, -0.25) is 9.59 Å². The first-order valence-corrected chi connectivity index (χ1v) is 9.17. The molecule has 21 heavy (non-hydrogen) atoms. The van der Waals surface area contributed by atoms with Crippen LogP contribution < -0.4 is 5.73 Å². The maximum absolute atomic E-state index is 12.5. The van der Waals surface area contributed by atoms with Crippen LogP contribution in [0.5, 0.6) is 0 Å². The molecular weight excluding hydrogens is 294 g/mol. The summed E-state index contributed by atoms with van der Waals surface area (Å²) in [7, 11) is -3.17. The van der Waals surface area contributed by atoms with Crippen molar-refractivity contribution in [2.45, 2.75) is 25.7 Å². The van der Waals surface area contributed by atoms with E-state index in [-0.39, 0.29) is 23.7 Å². The monoisotopic (exact) mass is 317 g/mol. The molecule has 2 saturated heterocycles. The first kappa shape index (κ1) is 16.2. The molecule has 1 unspecified atom stereocenters. The molecule has 0 saturated carbocycles. The molecule has 2 rings (SSSR count). The average molecular weight is 317 g/mol. The van der Waals surface area contributed by atoms with E-state index < -0.39 is 10.0 Å². The van der Waals surface area contributed by atoms with Gasteiger partial charge in [0, 0.05) is 32.1 Å². The summed E-state index contributed by atoms with van der Waals surface area (Å²) in [6.45, 7) is 1.85. The second-order valence-electron chi connectivity index (χ2n) is 5.96. The fourth-order valence-corrected chi connectivity index (χ4v) is 3.98. The van der Waals surface area contributed by atoms with Crippen molar-refractivity contribution in [1.29, 1.82) is 0 Å². The third-order valence-corrected chi connectivity index (χ3v) is 5.71. The zero-order chi connectivity index (χ0) is 15.6. The van der Waals surface area contributed by atoms with Crippen LogP contribution in [0.2, 0.25) is 0 Å². The van der Waals surface area contributed by atoms with Crippen molar-refractivity contribution < 1.29 is 18.0 Å². The molecule has 2 aliphatic heterocycles. The van der Waals surface area contributed by atoms with Gasteiger partial charge in [-0.15, -0.1) is 0 Å². The lowest BCUT2D eigenvalue weighted by atomic mass is 9.92. The Labute approximate surface area is 125 Å². The van der Waals surface area contributed by atoms with Gasteiger partial charge in [0.1, 0.15) is 0 Å². The summed E-state index contributed by atoms with van der Waals surface area (Å²) < 4.78 is 24.3. The SMILES string of the molecule is CS(=O)(=O)N1CCC(C(=O)N2CCCC(C(N)=O)C2)CC1. The minimum Gasteiger partial charge on any atom is -0.369 e. The number of primary amides is 1. The van der Waals surface area contributed by atoms with Crippen molar-refractivity contribution in [3.8, 4) is 0 Å². The molecular formula is C13H23N3O4S. The van der Waals surface area contributed by atoms with E-state index in [2.05, 4.69) is 0 Å². The van der Waals surface area contributed by atoms with Gasteiger partial charge in [-0.05, 0) is 25.7 Å². The number of carbonyl (C=O) groups excluding carboxylic acids is 2. The predicted octanol–water partition coefficient (Wildman–Crippen LogP) is -0.618. The van der Waals surface area contributed by atoms with Gasteiger partial charge in [0.25, 0.3) is 0 Å². The Kier molecular flexibility index (Phi) is 4.88. The summed E-state index contributed by atoms with van der Waals surface area (Å²) in [6.07, 6.45) is 3.82. The van der Waals surface area contributed by atoms with Gasteiger partial charge in [-0.25, -0.2) is 12.7 Å². The number of likely N-dealkylation sites (tertiary alicyclic amines) is 1. The minimum atomic E-state index is -3.17. The lowest BCUT2D eigenvalue weighted by Crippen LogP contribution is -2.48. The van der Waals surface area contributed by atoms with Crippen molar-refractivity contribution in [2.24, 2.45) is 17.6 Å². The summed E-state index contributed by atoms with van der Waals surface area (Å²) >= 11 is 0. The highest BCUT2D eigenvalue weighted by Crippen LogP contribution is 2.24. The zero-order valence-electron chi connectivity index (χ0n) is 12.3. The molecule has 2 amide bonds. The topological polar surface area (TPSA) is 101 Å². The number of hydrogen-bond acceptors (Lipinski definition) is 4. The molecule has 1 atom stereocenters. The largest absolute Gasteiger partial charge is 0.369 e. The van der Waals surface area contributed by atoms with Gasteiger partial charge < -0.3 is 10.6 Å². The molecule has 2 fully saturated rings. The van der Waals surface area contributed by atoms with Gasteiger partial charge in [0.2, 0.25) is 21.8 Å². The summed E-state index contributed by atoms with van der Waals surface area (Å²) in [5.41, 5.74) is 5.32. The highest BCUT2D eigenvalue weighted by molar-refractivity contribution is 7.88. The molecule has 2 N–H and O–H groups in total. The molecule has 0 radical (unpaired) electrons. The number of nitrogens with two attached hydrogens (primary N) is 1. The van der Waals surface area contributed by atoms with Crippen LogP contribution in [0, 0.1) is 11.8 Å². The number of nitrogens with zero attached hydrogens (tertiary/aromatic N) is 2. The van der Waals surface area contributed by atoms with E-state index in [1.54, 1.807) is 4.90 Å². The molecule has 0 aromatic carbocycles. The Balaban J connectivity index is 1.91. The van der Waals surface area contributed by atoms with Gasteiger partial charge in [-0.1, -0.05) is 0 Å². The molecule has 120 valence electrons. The summed E-state index contributed by atoms with van der Waals surface area (Å²) in [5.74, 6) is -0.707. The first-order chi connectivity index (χ1) is 9.79. The molecule has 0 bridgehead atoms. The number of amides is 2. The lowest BCUT2D eigenvalue weighted by Gasteiger charge is -2.36. The molecule has 0 aliphatic carbocycles. The van der Waals surface area contributed by atoms with Gasteiger partial charge in [0.15, 0.2) is 0 Å². The standard InChI is InChI=1S/C13H23N3O4S/c1-21(19,20)16-7-4-10(5-8-16)13(18)15-6-2-3-11(9-15)12(14)17/h10-11H,2-9H2,1H3,(H2,14,17). The van der Waals surface area contributed by atoms with Crippen molar-refractivity contribution >= 4 is 21.8 Å². The first-order valence-electron chi connectivity index (χ1n) is 7.32. The Morgan fingerprint density at radius 2 is 1.67 bits per heavy atom. The van der Waals surface area contributed by atoms with Crippen LogP contribution in [-0.2, 0) is 19.6 Å². The molecule has 7 nitrogen and oxygen atoms in total. The zero-order valence-corrected chi connectivity index (χ0v) is 13.1. The molecule has 8 heteroatoms. The van der Waals surface area contributed by atoms with Gasteiger partial charge >= 0.3 is 0 Å². The van der Waals surface area contributed by atoms with Crippen LogP contribution in [-0.4, -0.2) is 61.9 Å². The van der Waals surface area contributed by atoms with Gasteiger partial charge in [-0.2, -0.15) is 0 Å². The fraction of sp³-hybridized carbons (Fsp3) is 0.846. The van der Waals surface area contributed by atoms with E-state index in [1.807, 2.05) is 0 Å². The number of carbonyl (C=O) groups is 2. The predicted molar refractivity (Wildman–Crippen MR) is 77.6 cm³/mol. The third kappa shape index (κ3) is 3.94.